The molecule has 0 radical (unpaired) electrons. The molecule has 16 heteroatoms. The summed E-state index contributed by atoms with van der Waals surface area (Å²) in [7, 11) is 1.66. The Kier molecular flexibility index (Phi) is 7.11. The minimum absolute atomic E-state index is 0.0140. The Morgan fingerprint density at radius 1 is 1.46 bits per heavy atom. The number of aliphatic carboxylic acids is 1. The van der Waals surface area contributed by atoms with Crippen LogP contribution in [0.5, 0.6) is 0 Å². The van der Waals surface area contributed by atoms with Crippen molar-refractivity contribution in [2.45, 2.75) is 23.5 Å². The van der Waals surface area contributed by atoms with Crippen LogP contribution in [0.4, 0.5) is 5.82 Å². The van der Waals surface area contributed by atoms with Crippen LogP contribution in [0, 0.1) is 5.41 Å². The Morgan fingerprint density at radius 2 is 2.26 bits per heavy atom. The molecular weight excluding hydrogens is 498 g/mol. The first-order valence-electron chi connectivity index (χ1n) is 10.5. The second kappa shape index (κ2) is 10.1. The van der Waals surface area contributed by atoms with E-state index < -0.39 is 28.7 Å². The smallest absolute Gasteiger partial charge is 0.313 e. The van der Waals surface area contributed by atoms with E-state index in [0.717, 1.165) is 0 Å². The molecule has 2 aromatic rings. The molecule has 35 heavy (non-hydrogen) atoms. The second-order valence-electron chi connectivity index (χ2n) is 7.88. The average molecular weight is 522 g/mol. The van der Waals surface area contributed by atoms with E-state index >= 15 is 0 Å². The minimum Gasteiger partial charge on any atom is -0.481 e. The standard InChI is InChI=1S/C19H23N9O5S2/c1-3-33-24-12(10-5-4-6-11(20)21-10)14(29)22-13-15(30)28-7-19(17(31)32,8-34-16(13)28)9-35-18-23-25-26-27(18)2/h4-6,13,16H,3,7-9H2,1-2H3,(H2,20,21)(H,22,29)(H,31,32)/t13?,16-,19?/m1/s1. The molecule has 2 aromatic heterocycles. The maximum Gasteiger partial charge on any atom is 0.313 e. The second-order valence-corrected chi connectivity index (χ2v) is 9.93. The lowest BCUT2D eigenvalue weighted by molar-refractivity contribution is -0.157. The number of nitrogen functional groups attached to an aromatic ring is 1. The van der Waals surface area contributed by atoms with Crippen molar-refractivity contribution in [2.24, 2.45) is 17.6 Å². The van der Waals surface area contributed by atoms with Gasteiger partial charge in [-0.25, -0.2) is 9.67 Å². The molecule has 0 spiro atoms. The summed E-state index contributed by atoms with van der Waals surface area (Å²) in [6.45, 7) is 1.96. The highest BCUT2D eigenvalue weighted by atomic mass is 32.2. The number of fused-ring (bicyclic) bond motifs is 1. The summed E-state index contributed by atoms with van der Waals surface area (Å²) in [5.74, 6) is -1.39. The molecule has 2 fully saturated rings. The number of carboxylic acid groups (broad SMARTS) is 1. The molecule has 2 saturated heterocycles. The Balaban J connectivity index is 1.44. The molecule has 0 aliphatic carbocycles. The van der Waals surface area contributed by atoms with Crippen molar-refractivity contribution in [3.63, 3.8) is 0 Å². The molecule has 3 atom stereocenters. The SMILES string of the molecule is CCON=C(C(=O)NC1C(=O)N2CC(CSc3nnnn3C)(C(=O)O)CS[C@H]12)c1cccc(N)n1. The lowest BCUT2D eigenvalue weighted by Crippen LogP contribution is -2.74. The van der Waals surface area contributed by atoms with Crippen LogP contribution < -0.4 is 11.1 Å². The van der Waals surface area contributed by atoms with Crippen LogP contribution in [0.1, 0.15) is 12.6 Å². The van der Waals surface area contributed by atoms with Crippen LogP contribution in [0.15, 0.2) is 28.5 Å². The third-order valence-corrected chi connectivity index (χ3v) is 8.35. The number of thioether (sulfide) groups is 2. The molecule has 4 N–H and O–H groups in total. The van der Waals surface area contributed by atoms with Gasteiger partial charge in [-0.2, -0.15) is 0 Å². The van der Waals surface area contributed by atoms with E-state index in [9.17, 15) is 19.5 Å². The Hall–Kier alpha value is -3.40. The summed E-state index contributed by atoms with van der Waals surface area (Å²) >= 11 is 2.52. The van der Waals surface area contributed by atoms with Crippen molar-refractivity contribution in [2.75, 3.05) is 30.4 Å². The number of hydrogen-bond donors (Lipinski definition) is 3. The molecule has 2 aliphatic heterocycles. The highest BCUT2D eigenvalue weighted by Gasteiger charge is 2.57. The number of aryl methyl sites for hydroxylation is 1. The molecule has 0 aromatic carbocycles. The number of nitrogens with two attached hydrogens (primary N) is 1. The van der Waals surface area contributed by atoms with E-state index in [4.69, 9.17) is 10.6 Å². The van der Waals surface area contributed by atoms with E-state index in [1.165, 1.54) is 33.1 Å². The zero-order valence-electron chi connectivity index (χ0n) is 18.8. The van der Waals surface area contributed by atoms with Crippen LogP contribution in [-0.2, 0) is 26.3 Å². The Labute approximate surface area is 208 Å². The number of anilines is 1. The quantitative estimate of drug-likeness (QED) is 0.161. The maximum atomic E-state index is 13.0. The normalized spacial score (nSPS) is 23.9. The van der Waals surface area contributed by atoms with Crippen molar-refractivity contribution in [1.82, 2.24) is 35.4 Å². The van der Waals surface area contributed by atoms with Crippen molar-refractivity contribution >= 4 is 52.8 Å². The predicted octanol–water partition coefficient (Wildman–Crippen LogP) is -0.809. The van der Waals surface area contributed by atoms with Crippen LogP contribution in [0.3, 0.4) is 0 Å². The summed E-state index contributed by atoms with van der Waals surface area (Å²) in [6, 6.07) is 3.92. The highest BCUT2D eigenvalue weighted by molar-refractivity contribution is 8.00. The van der Waals surface area contributed by atoms with Gasteiger partial charge in [0, 0.05) is 25.1 Å². The third kappa shape index (κ3) is 4.88. The summed E-state index contributed by atoms with van der Waals surface area (Å²) in [5.41, 5.74) is 4.63. The van der Waals surface area contributed by atoms with E-state index in [-0.39, 0.29) is 47.8 Å². The van der Waals surface area contributed by atoms with Gasteiger partial charge in [-0.3, -0.25) is 14.4 Å². The van der Waals surface area contributed by atoms with E-state index in [1.54, 1.807) is 32.2 Å². The fourth-order valence-electron chi connectivity index (χ4n) is 3.58. The van der Waals surface area contributed by atoms with Gasteiger partial charge in [0.25, 0.3) is 5.91 Å². The number of hydrogen-bond acceptors (Lipinski definition) is 12. The van der Waals surface area contributed by atoms with Crippen molar-refractivity contribution in [3.05, 3.63) is 23.9 Å². The predicted molar refractivity (Wildman–Crippen MR) is 126 cm³/mol. The van der Waals surface area contributed by atoms with E-state index in [1.807, 2.05) is 0 Å². The number of aromatic nitrogens is 5. The minimum atomic E-state index is -1.19. The Morgan fingerprint density at radius 3 is 2.91 bits per heavy atom. The van der Waals surface area contributed by atoms with Gasteiger partial charge in [-0.15, -0.1) is 16.9 Å². The lowest BCUT2D eigenvalue weighted by Gasteiger charge is -2.53. The molecule has 14 nitrogen and oxygen atoms in total. The van der Waals surface area contributed by atoms with Gasteiger partial charge < -0.3 is 25.9 Å². The number of nitrogens with zero attached hydrogens (tertiary/aromatic N) is 7. The molecule has 2 unspecified atom stereocenters. The number of carboxylic acids is 1. The van der Waals surface area contributed by atoms with Gasteiger partial charge in [-0.05, 0) is 29.5 Å². The largest absolute Gasteiger partial charge is 0.481 e. The molecular formula is C19H23N9O5S2. The van der Waals surface area contributed by atoms with Gasteiger partial charge in [0.15, 0.2) is 5.71 Å². The van der Waals surface area contributed by atoms with Gasteiger partial charge >= 0.3 is 5.97 Å². The number of oxime groups is 1. The number of rotatable bonds is 9. The van der Waals surface area contributed by atoms with Crippen LogP contribution in [0.2, 0.25) is 0 Å². The monoisotopic (exact) mass is 521 g/mol. The van der Waals surface area contributed by atoms with Crippen molar-refractivity contribution < 1.29 is 24.3 Å². The zero-order valence-corrected chi connectivity index (χ0v) is 20.5. The lowest BCUT2D eigenvalue weighted by atomic mass is 9.89. The van der Waals surface area contributed by atoms with Gasteiger partial charge in [-0.1, -0.05) is 23.0 Å². The summed E-state index contributed by atoms with van der Waals surface area (Å²) in [4.78, 5) is 48.7. The number of nitrogens with one attached hydrogen (secondary N) is 1. The molecule has 186 valence electrons. The first-order valence-corrected chi connectivity index (χ1v) is 12.5. The van der Waals surface area contributed by atoms with Crippen LogP contribution in [0.25, 0.3) is 0 Å². The number of carbonyl (C=O) groups excluding carboxylic acids is 2. The van der Waals surface area contributed by atoms with Crippen LogP contribution >= 0.6 is 23.5 Å². The summed E-state index contributed by atoms with van der Waals surface area (Å²) in [6.07, 6.45) is 0. The van der Waals surface area contributed by atoms with E-state index in [0.29, 0.717) is 5.16 Å². The van der Waals surface area contributed by atoms with Crippen molar-refractivity contribution in [3.8, 4) is 0 Å². The number of tetrazole rings is 1. The topological polar surface area (TPSA) is 191 Å². The van der Waals surface area contributed by atoms with Gasteiger partial charge in [0.05, 0.1) is 0 Å². The van der Waals surface area contributed by atoms with Crippen LogP contribution in [-0.4, -0.2) is 94.8 Å². The molecule has 0 saturated carbocycles. The Bertz CT molecular complexity index is 1180. The third-order valence-electron chi connectivity index (χ3n) is 5.46. The van der Waals surface area contributed by atoms with Crippen molar-refractivity contribution in [1.29, 1.82) is 0 Å². The first kappa shape index (κ1) is 24.7. The number of carbonyl (C=O) groups is 3. The number of amides is 2. The molecule has 0 bridgehead atoms. The fraction of sp³-hybridized carbons (Fsp3) is 0.474. The first-order chi connectivity index (χ1) is 16.8. The molecule has 4 heterocycles. The van der Waals surface area contributed by atoms with Gasteiger partial charge in [0.1, 0.15) is 34.9 Å². The molecule has 2 aliphatic rings. The average Bonchev–Trinajstić information content (AvgIpc) is 3.25. The highest BCUT2D eigenvalue weighted by Crippen LogP contribution is 2.44. The maximum absolute atomic E-state index is 13.0. The summed E-state index contributed by atoms with van der Waals surface area (Å²) in [5, 5.41) is 27.8. The molecule has 4 rings (SSSR count). The number of pyridine rings is 1. The zero-order chi connectivity index (χ0) is 25.2. The molecule has 2 amide bonds. The fourth-order valence-corrected chi connectivity index (χ4v) is 6.29. The summed E-state index contributed by atoms with van der Waals surface area (Å²) < 4.78 is 1.45. The number of β-lactam (4-membered cyclic amide) rings is 1. The van der Waals surface area contributed by atoms with E-state index in [2.05, 4.69) is 31.0 Å². The van der Waals surface area contributed by atoms with Gasteiger partial charge in [0.2, 0.25) is 11.1 Å².